The molecule has 2 amide bonds. The maximum Gasteiger partial charge on any atom is 0.315 e. The topological polar surface area (TPSA) is 61.4 Å². The molecule has 4 nitrogen and oxygen atoms in total. The molecule has 1 fully saturated rings. The van der Waals surface area contributed by atoms with Crippen molar-refractivity contribution in [1.82, 2.24) is 10.6 Å². The molecule has 3 rings (SSSR count). The van der Waals surface area contributed by atoms with Crippen molar-refractivity contribution in [3.8, 4) is 0 Å². The first-order chi connectivity index (χ1) is 10.6. The Balaban J connectivity index is 1.62. The van der Waals surface area contributed by atoms with Crippen LogP contribution in [-0.2, 0) is 6.42 Å². The maximum atomic E-state index is 12.3. The third kappa shape index (κ3) is 2.98. The van der Waals surface area contributed by atoms with Crippen LogP contribution < -0.4 is 10.6 Å². The minimum absolute atomic E-state index is 0.160. The summed E-state index contributed by atoms with van der Waals surface area (Å²) in [4.78, 5) is 12.3. The molecule has 0 aromatic heterocycles. The number of carbonyl (C=O) groups excluding carboxylic acids is 1. The van der Waals surface area contributed by atoms with Crippen molar-refractivity contribution in [2.45, 2.75) is 57.7 Å². The van der Waals surface area contributed by atoms with Crippen LogP contribution >= 0.6 is 0 Å². The van der Waals surface area contributed by atoms with Gasteiger partial charge in [0.05, 0.1) is 12.1 Å². The van der Waals surface area contributed by atoms with Gasteiger partial charge in [0, 0.05) is 12.5 Å². The summed E-state index contributed by atoms with van der Waals surface area (Å²) >= 11 is 0. The molecule has 1 aromatic carbocycles. The number of amides is 2. The van der Waals surface area contributed by atoms with E-state index in [1.807, 2.05) is 24.3 Å². The highest BCUT2D eigenvalue weighted by atomic mass is 16.3. The molecule has 0 saturated heterocycles. The van der Waals surface area contributed by atoms with Crippen molar-refractivity contribution in [3.05, 3.63) is 35.4 Å². The van der Waals surface area contributed by atoms with Crippen molar-refractivity contribution < 1.29 is 9.90 Å². The second-order valence-electron chi connectivity index (χ2n) is 6.94. The summed E-state index contributed by atoms with van der Waals surface area (Å²) in [7, 11) is 0. The molecule has 3 N–H and O–H groups in total. The SMILES string of the molecule is CC1CCCC(NC(=O)N[C@@H]2c3ccccc3C[C@@H]2O)C1C. The normalized spacial score (nSPS) is 34.0. The van der Waals surface area contributed by atoms with Crippen molar-refractivity contribution in [2.75, 3.05) is 0 Å². The van der Waals surface area contributed by atoms with Gasteiger partial charge in [-0.25, -0.2) is 4.79 Å². The fourth-order valence-electron chi connectivity index (χ4n) is 3.88. The first kappa shape index (κ1) is 15.3. The number of rotatable bonds is 2. The molecule has 0 aliphatic heterocycles. The van der Waals surface area contributed by atoms with Crippen LogP contribution in [-0.4, -0.2) is 23.3 Å². The van der Waals surface area contributed by atoms with E-state index in [-0.39, 0.29) is 18.1 Å². The highest BCUT2D eigenvalue weighted by molar-refractivity contribution is 5.75. The number of aliphatic hydroxyl groups is 1. The Morgan fingerprint density at radius 1 is 1.18 bits per heavy atom. The lowest BCUT2D eigenvalue weighted by Crippen LogP contribution is -2.49. The van der Waals surface area contributed by atoms with Crippen LogP contribution in [0.25, 0.3) is 0 Å². The van der Waals surface area contributed by atoms with Crippen molar-refractivity contribution in [1.29, 1.82) is 0 Å². The summed E-state index contributed by atoms with van der Waals surface area (Å²) in [5.41, 5.74) is 2.16. The van der Waals surface area contributed by atoms with Gasteiger partial charge in [-0.05, 0) is 29.4 Å². The highest BCUT2D eigenvalue weighted by Gasteiger charge is 2.33. The third-order valence-corrected chi connectivity index (χ3v) is 5.51. The van der Waals surface area contributed by atoms with Gasteiger partial charge < -0.3 is 15.7 Å². The van der Waals surface area contributed by atoms with Crippen LogP contribution in [0.5, 0.6) is 0 Å². The number of carbonyl (C=O) groups is 1. The number of aliphatic hydroxyl groups excluding tert-OH is 1. The van der Waals surface area contributed by atoms with Crippen LogP contribution in [0, 0.1) is 11.8 Å². The summed E-state index contributed by atoms with van der Waals surface area (Å²) in [5, 5.41) is 16.3. The molecule has 0 bridgehead atoms. The molecule has 3 unspecified atom stereocenters. The molecule has 0 heterocycles. The van der Waals surface area contributed by atoms with Gasteiger partial charge in [0.25, 0.3) is 0 Å². The summed E-state index contributed by atoms with van der Waals surface area (Å²) in [6.07, 6.45) is 3.53. The van der Waals surface area contributed by atoms with Gasteiger partial charge in [-0.1, -0.05) is 51.0 Å². The standard InChI is InChI=1S/C18H26N2O2/c1-11-6-5-9-15(12(11)2)19-18(22)20-17-14-8-4-3-7-13(14)10-16(17)21/h3-4,7-8,11-12,15-17,21H,5-6,9-10H2,1-2H3,(H2,19,20,22)/t11?,12?,15?,16-,17+/m0/s1. The second kappa shape index (κ2) is 6.29. The lowest BCUT2D eigenvalue weighted by Gasteiger charge is -2.35. The zero-order valence-corrected chi connectivity index (χ0v) is 13.4. The van der Waals surface area contributed by atoms with E-state index in [2.05, 4.69) is 24.5 Å². The molecule has 5 atom stereocenters. The maximum absolute atomic E-state index is 12.3. The fraction of sp³-hybridized carbons (Fsp3) is 0.611. The largest absolute Gasteiger partial charge is 0.390 e. The molecule has 1 aromatic rings. The van der Waals surface area contributed by atoms with Gasteiger partial charge in [0.1, 0.15) is 0 Å². The minimum atomic E-state index is -0.536. The summed E-state index contributed by atoms with van der Waals surface area (Å²) in [5.74, 6) is 1.15. The number of hydrogen-bond donors (Lipinski definition) is 3. The van der Waals surface area contributed by atoms with E-state index in [0.717, 1.165) is 17.5 Å². The molecule has 1 saturated carbocycles. The van der Waals surface area contributed by atoms with Gasteiger partial charge in [-0.15, -0.1) is 0 Å². The fourth-order valence-corrected chi connectivity index (χ4v) is 3.88. The molecule has 2 aliphatic carbocycles. The quantitative estimate of drug-likeness (QED) is 0.786. The Bertz CT molecular complexity index is 546. The summed E-state index contributed by atoms with van der Waals surface area (Å²) in [6.45, 7) is 4.47. The summed E-state index contributed by atoms with van der Waals surface area (Å²) in [6, 6.07) is 7.70. The zero-order valence-electron chi connectivity index (χ0n) is 13.4. The molecular weight excluding hydrogens is 276 g/mol. The predicted octanol–water partition coefficient (Wildman–Crippen LogP) is 2.77. The number of benzene rings is 1. The van der Waals surface area contributed by atoms with Crippen LogP contribution in [0.2, 0.25) is 0 Å². The Morgan fingerprint density at radius 2 is 1.95 bits per heavy atom. The third-order valence-electron chi connectivity index (χ3n) is 5.51. The van der Waals surface area contributed by atoms with Crippen LogP contribution in [0.3, 0.4) is 0 Å². The van der Waals surface area contributed by atoms with Gasteiger partial charge in [0.2, 0.25) is 0 Å². The monoisotopic (exact) mass is 302 g/mol. The Morgan fingerprint density at radius 3 is 2.77 bits per heavy atom. The molecular formula is C18H26N2O2. The molecule has 22 heavy (non-hydrogen) atoms. The van der Waals surface area contributed by atoms with E-state index < -0.39 is 6.10 Å². The summed E-state index contributed by atoms with van der Waals surface area (Å²) < 4.78 is 0. The van der Waals surface area contributed by atoms with Crippen LogP contribution in [0.4, 0.5) is 4.79 Å². The van der Waals surface area contributed by atoms with Gasteiger partial charge in [-0.2, -0.15) is 0 Å². The lowest BCUT2D eigenvalue weighted by atomic mass is 9.78. The first-order valence-electron chi connectivity index (χ1n) is 8.39. The number of urea groups is 1. The molecule has 0 spiro atoms. The molecule has 2 aliphatic rings. The van der Waals surface area contributed by atoms with Gasteiger partial charge in [0.15, 0.2) is 0 Å². The van der Waals surface area contributed by atoms with Crippen molar-refractivity contribution >= 4 is 6.03 Å². The van der Waals surface area contributed by atoms with Crippen molar-refractivity contribution in [2.24, 2.45) is 11.8 Å². The minimum Gasteiger partial charge on any atom is -0.390 e. The Labute approximate surface area is 132 Å². The number of hydrogen-bond acceptors (Lipinski definition) is 2. The number of fused-ring (bicyclic) bond motifs is 1. The Kier molecular flexibility index (Phi) is 4.39. The number of nitrogens with one attached hydrogen (secondary N) is 2. The van der Waals surface area contributed by atoms with E-state index >= 15 is 0 Å². The lowest BCUT2D eigenvalue weighted by molar-refractivity contribution is 0.139. The second-order valence-corrected chi connectivity index (χ2v) is 6.94. The smallest absolute Gasteiger partial charge is 0.315 e. The van der Waals surface area contributed by atoms with E-state index in [1.54, 1.807) is 0 Å². The van der Waals surface area contributed by atoms with Crippen LogP contribution in [0.15, 0.2) is 24.3 Å². The first-order valence-corrected chi connectivity index (χ1v) is 8.39. The Hall–Kier alpha value is -1.55. The highest BCUT2D eigenvalue weighted by Crippen LogP contribution is 2.32. The molecule has 4 heteroatoms. The van der Waals surface area contributed by atoms with Gasteiger partial charge >= 0.3 is 6.03 Å². The van der Waals surface area contributed by atoms with Gasteiger partial charge in [-0.3, -0.25) is 0 Å². The zero-order chi connectivity index (χ0) is 15.7. The van der Waals surface area contributed by atoms with E-state index in [4.69, 9.17) is 0 Å². The van der Waals surface area contributed by atoms with Crippen LogP contribution in [0.1, 0.15) is 50.3 Å². The predicted molar refractivity (Wildman–Crippen MR) is 86.5 cm³/mol. The molecule has 0 radical (unpaired) electrons. The van der Waals surface area contributed by atoms with E-state index in [9.17, 15) is 9.90 Å². The molecule has 120 valence electrons. The van der Waals surface area contributed by atoms with E-state index in [0.29, 0.717) is 18.3 Å². The van der Waals surface area contributed by atoms with E-state index in [1.165, 1.54) is 12.8 Å². The van der Waals surface area contributed by atoms with Crippen molar-refractivity contribution in [3.63, 3.8) is 0 Å². The average Bonchev–Trinajstić information content (AvgIpc) is 2.80. The average molecular weight is 302 g/mol.